The fraction of sp³-hybridized carbons (Fsp3) is 0.172. The molecule has 0 saturated carbocycles. The van der Waals surface area contributed by atoms with Crippen molar-refractivity contribution in [1.29, 1.82) is 0 Å². The maximum Gasteiger partial charge on any atom is 0.416 e. The van der Waals surface area contributed by atoms with Gasteiger partial charge in [0, 0.05) is 17.9 Å². The van der Waals surface area contributed by atoms with Crippen LogP contribution in [0.25, 0.3) is 22.5 Å². The highest BCUT2D eigenvalue weighted by atomic mass is 19.4. The Hall–Kier alpha value is -4.53. The summed E-state index contributed by atoms with van der Waals surface area (Å²) in [7, 11) is 0. The Balaban J connectivity index is 1.24. The summed E-state index contributed by atoms with van der Waals surface area (Å²) in [5.74, 6) is -1.16. The molecule has 0 spiro atoms. The lowest BCUT2D eigenvalue weighted by Gasteiger charge is -2.17. The zero-order valence-corrected chi connectivity index (χ0v) is 19.9. The summed E-state index contributed by atoms with van der Waals surface area (Å²) < 4.78 is 50.1. The monoisotopic (exact) mass is 521 g/mol. The van der Waals surface area contributed by atoms with Crippen molar-refractivity contribution >= 4 is 12.1 Å². The molecule has 194 valence electrons. The van der Waals surface area contributed by atoms with E-state index in [9.17, 15) is 27.9 Å². The molecule has 1 heterocycles. The Kier molecular flexibility index (Phi) is 6.67. The number of rotatable bonds is 7. The van der Waals surface area contributed by atoms with Crippen molar-refractivity contribution in [1.82, 2.24) is 5.32 Å². The van der Waals surface area contributed by atoms with Crippen LogP contribution >= 0.6 is 0 Å². The maximum atomic E-state index is 13.0. The molecule has 4 aromatic rings. The normalized spacial score (nSPS) is 13.4. The molecular weight excluding hydrogens is 499 g/mol. The van der Waals surface area contributed by atoms with Gasteiger partial charge in [-0.2, -0.15) is 13.2 Å². The number of benzene rings is 3. The SMILES string of the molecule is O=C(NC(Cc1ccc(-c2cccc(C(F)(F)F)c2)o1)C(=O)O)OCC1c2ccccc2-c2ccccc21. The molecule has 0 aliphatic heterocycles. The summed E-state index contributed by atoms with van der Waals surface area (Å²) in [5, 5.41) is 12.0. The number of amides is 1. The molecule has 38 heavy (non-hydrogen) atoms. The summed E-state index contributed by atoms with van der Waals surface area (Å²) in [6.07, 6.45) is -5.63. The number of furan rings is 1. The number of aliphatic carboxylic acids is 1. The largest absolute Gasteiger partial charge is 0.480 e. The molecule has 1 unspecified atom stereocenters. The van der Waals surface area contributed by atoms with E-state index < -0.39 is 29.8 Å². The first-order valence-corrected chi connectivity index (χ1v) is 11.8. The Bertz CT molecular complexity index is 1450. The minimum atomic E-state index is -4.51. The Morgan fingerprint density at radius 1 is 0.921 bits per heavy atom. The zero-order valence-electron chi connectivity index (χ0n) is 19.9. The van der Waals surface area contributed by atoms with Crippen LogP contribution in [0.4, 0.5) is 18.0 Å². The van der Waals surface area contributed by atoms with Gasteiger partial charge in [-0.1, -0.05) is 60.7 Å². The van der Waals surface area contributed by atoms with Crippen molar-refractivity contribution in [3.63, 3.8) is 0 Å². The van der Waals surface area contributed by atoms with Crippen molar-refractivity contribution in [3.05, 3.63) is 107 Å². The van der Waals surface area contributed by atoms with Gasteiger partial charge >= 0.3 is 18.2 Å². The summed E-state index contributed by atoms with van der Waals surface area (Å²) in [5.41, 5.74) is 3.54. The van der Waals surface area contributed by atoms with Crippen LogP contribution in [0.5, 0.6) is 0 Å². The molecule has 1 aliphatic rings. The number of nitrogens with one attached hydrogen (secondary N) is 1. The van der Waals surface area contributed by atoms with Crippen LogP contribution in [-0.4, -0.2) is 29.8 Å². The number of carbonyl (C=O) groups excluding carboxylic acids is 1. The van der Waals surface area contributed by atoms with Gasteiger partial charge in [-0.05, 0) is 46.5 Å². The van der Waals surface area contributed by atoms with Gasteiger partial charge in [0.1, 0.15) is 24.2 Å². The second-order valence-electron chi connectivity index (χ2n) is 8.91. The fourth-order valence-corrected chi connectivity index (χ4v) is 4.68. The quantitative estimate of drug-likeness (QED) is 0.290. The minimum absolute atomic E-state index is 0.0205. The predicted octanol–water partition coefficient (Wildman–Crippen LogP) is 6.50. The lowest BCUT2D eigenvalue weighted by molar-refractivity contribution is -0.139. The van der Waals surface area contributed by atoms with E-state index >= 15 is 0 Å². The average molecular weight is 521 g/mol. The second-order valence-corrected chi connectivity index (χ2v) is 8.91. The number of halogens is 3. The molecule has 3 aromatic carbocycles. The van der Waals surface area contributed by atoms with Crippen LogP contribution in [-0.2, 0) is 22.1 Å². The first-order valence-electron chi connectivity index (χ1n) is 11.8. The number of fused-ring (bicyclic) bond motifs is 3. The lowest BCUT2D eigenvalue weighted by atomic mass is 9.98. The van der Waals surface area contributed by atoms with Crippen LogP contribution < -0.4 is 5.32 Å². The number of carboxylic acids is 1. The van der Waals surface area contributed by atoms with Crippen molar-refractivity contribution in [2.24, 2.45) is 0 Å². The fourth-order valence-electron chi connectivity index (χ4n) is 4.68. The van der Waals surface area contributed by atoms with E-state index in [0.29, 0.717) is 0 Å². The summed E-state index contributed by atoms with van der Waals surface area (Å²) in [6.45, 7) is 0.0205. The number of alkyl halides is 3. The molecule has 1 aromatic heterocycles. The molecule has 0 fully saturated rings. The number of carbonyl (C=O) groups is 2. The van der Waals surface area contributed by atoms with Crippen LogP contribution in [0.15, 0.2) is 89.3 Å². The third-order valence-electron chi connectivity index (χ3n) is 6.48. The number of ether oxygens (including phenoxy) is 1. The summed E-state index contributed by atoms with van der Waals surface area (Å²) >= 11 is 0. The van der Waals surface area contributed by atoms with Crippen LogP contribution in [0, 0.1) is 0 Å². The molecule has 6 nitrogen and oxygen atoms in total. The second kappa shape index (κ2) is 10.1. The molecule has 2 N–H and O–H groups in total. The smallest absolute Gasteiger partial charge is 0.416 e. The summed E-state index contributed by atoms with van der Waals surface area (Å²) in [4.78, 5) is 24.4. The average Bonchev–Trinajstić information content (AvgIpc) is 3.49. The highest BCUT2D eigenvalue weighted by Gasteiger charge is 2.31. The van der Waals surface area contributed by atoms with Crippen LogP contribution in [0.3, 0.4) is 0 Å². The highest BCUT2D eigenvalue weighted by molar-refractivity contribution is 5.81. The van der Waals surface area contributed by atoms with E-state index in [1.165, 1.54) is 24.3 Å². The van der Waals surface area contributed by atoms with E-state index in [2.05, 4.69) is 5.32 Å². The standard InChI is InChI=1S/C29H22F3NO5/c30-29(31,32)18-7-5-6-17(14-18)26-13-12-19(38-26)15-25(27(34)35)33-28(36)37-16-24-22-10-3-1-8-20(22)21-9-2-4-11-23(21)24/h1-14,24-25H,15-16H2,(H,33,36)(H,34,35). The van der Waals surface area contributed by atoms with E-state index in [4.69, 9.17) is 9.15 Å². The van der Waals surface area contributed by atoms with E-state index in [1.54, 1.807) is 0 Å². The van der Waals surface area contributed by atoms with Crippen LogP contribution in [0.2, 0.25) is 0 Å². The molecule has 1 amide bonds. The van der Waals surface area contributed by atoms with Gasteiger partial charge in [0.05, 0.1) is 5.56 Å². The van der Waals surface area contributed by atoms with Gasteiger partial charge in [-0.25, -0.2) is 9.59 Å². The Morgan fingerprint density at radius 2 is 1.58 bits per heavy atom. The third kappa shape index (κ3) is 5.13. The van der Waals surface area contributed by atoms with Gasteiger partial charge < -0.3 is 19.6 Å². The van der Waals surface area contributed by atoms with Crippen molar-refractivity contribution in [3.8, 4) is 22.5 Å². The van der Waals surface area contributed by atoms with E-state index in [1.807, 2.05) is 48.5 Å². The molecular formula is C29H22F3NO5. The molecule has 0 radical (unpaired) electrons. The van der Waals surface area contributed by atoms with Gasteiger partial charge in [-0.3, -0.25) is 0 Å². The van der Waals surface area contributed by atoms with E-state index in [0.717, 1.165) is 34.4 Å². The van der Waals surface area contributed by atoms with Gasteiger partial charge in [-0.15, -0.1) is 0 Å². The lowest BCUT2D eigenvalue weighted by Crippen LogP contribution is -2.42. The number of alkyl carbamates (subject to hydrolysis) is 1. The Labute approximate surface area is 215 Å². The minimum Gasteiger partial charge on any atom is -0.480 e. The van der Waals surface area contributed by atoms with Crippen molar-refractivity contribution in [2.45, 2.75) is 24.6 Å². The van der Waals surface area contributed by atoms with Crippen molar-refractivity contribution < 1.29 is 37.0 Å². The number of hydrogen-bond acceptors (Lipinski definition) is 4. The summed E-state index contributed by atoms with van der Waals surface area (Å²) in [6, 6.07) is 21.8. The van der Waals surface area contributed by atoms with Crippen molar-refractivity contribution in [2.75, 3.05) is 6.61 Å². The molecule has 1 aliphatic carbocycles. The first-order chi connectivity index (χ1) is 18.2. The zero-order chi connectivity index (χ0) is 26.9. The van der Waals surface area contributed by atoms with Gasteiger partial charge in [0.2, 0.25) is 0 Å². The molecule has 0 bridgehead atoms. The maximum absolute atomic E-state index is 13.0. The highest BCUT2D eigenvalue weighted by Crippen LogP contribution is 2.44. The number of carboxylic acid groups (broad SMARTS) is 1. The predicted molar refractivity (Wildman–Crippen MR) is 132 cm³/mol. The Morgan fingerprint density at radius 3 is 2.21 bits per heavy atom. The van der Waals surface area contributed by atoms with Gasteiger partial charge in [0.25, 0.3) is 0 Å². The first kappa shape index (κ1) is 25.1. The molecule has 5 rings (SSSR count). The molecule has 0 saturated heterocycles. The third-order valence-corrected chi connectivity index (χ3v) is 6.48. The topological polar surface area (TPSA) is 88.8 Å². The number of hydrogen-bond donors (Lipinski definition) is 2. The van der Waals surface area contributed by atoms with Crippen LogP contribution in [0.1, 0.15) is 28.4 Å². The van der Waals surface area contributed by atoms with Gasteiger partial charge in [0.15, 0.2) is 0 Å². The van der Waals surface area contributed by atoms with E-state index in [-0.39, 0.29) is 36.0 Å². The molecule has 1 atom stereocenters. The molecule has 9 heteroatoms.